The third kappa shape index (κ3) is 4.05. The molecule has 1 unspecified atom stereocenters. The zero-order valence-corrected chi connectivity index (χ0v) is 27.0. The predicted octanol–water partition coefficient (Wildman–Crippen LogP) is 1.97. The number of hydrogen-bond donors (Lipinski definition) is 0. The summed E-state index contributed by atoms with van der Waals surface area (Å²) in [6.45, 7) is 14.5. The van der Waals surface area contributed by atoms with Crippen molar-refractivity contribution in [3.05, 3.63) is 73.6 Å². The van der Waals surface area contributed by atoms with Crippen LogP contribution in [0.2, 0.25) is 18.1 Å². The van der Waals surface area contributed by atoms with Gasteiger partial charge in [0, 0.05) is 0 Å². The van der Waals surface area contributed by atoms with Crippen molar-refractivity contribution in [3.8, 4) is 11.1 Å². The van der Waals surface area contributed by atoms with Crippen molar-refractivity contribution in [3.63, 3.8) is 0 Å². The van der Waals surface area contributed by atoms with E-state index in [9.17, 15) is 0 Å². The third-order valence-corrected chi connectivity index (χ3v) is 22.0. The van der Waals surface area contributed by atoms with E-state index in [1.54, 1.807) is 48.8 Å². The van der Waals surface area contributed by atoms with Gasteiger partial charge in [-0.05, 0) is 0 Å². The number of rotatable bonds is 5. The maximum Gasteiger partial charge on any atom is -1.00 e. The molecule has 0 bridgehead atoms. The van der Waals surface area contributed by atoms with Crippen LogP contribution in [0.4, 0.5) is 0 Å². The van der Waals surface area contributed by atoms with Gasteiger partial charge in [0.05, 0.1) is 0 Å². The first kappa shape index (κ1) is 27.2. The van der Waals surface area contributed by atoms with Crippen LogP contribution in [0.15, 0.2) is 62.5 Å². The Bertz CT molecular complexity index is 1120. The van der Waals surface area contributed by atoms with E-state index in [1.165, 1.54) is 18.9 Å². The van der Waals surface area contributed by atoms with Crippen molar-refractivity contribution in [2.24, 2.45) is 5.41 Å². The van der Waals surface area contributed by atoms with Gasteiger partial charge in [-0.3, -0.25) is 0 Å². The Morgan fingerprint density at radius 3 is 2.15 bits per heavy atom. The normalized spacial score (nSPS) is 21.5. The first-order valence-electron chi connectivity index (χ1n) is 12.2. The van der Waals surface area contributed by atoms with Crippen LogP contribution < -0.4 is 28.1 Å². The van der Waals surface area contributed by atoms with Gasteiger partial charge in [-0.2, -0.15) is 0 Å². The molecule has 1 atom stereocenters. The molecule has 33 heavy (non-hydrogen) atoms. The average Bonchev–Trinajstić information content (AvgIpc) is 3.14. The van der Waals surface area contributed by atoms with Crippen LogP contribution in [0, 0.1) is 5.41 Å². The van der Waals surface area contributed by atoms with E-state index < -0.39 is 31.0 Å². The zero-order chi connectivity index (χ0) is 22.0. The molecular formula is C29H36Cl2HfSi. The Morgan fingerprint density at radius 1 is 0.909 bits per heavy atom. The van der Waals surface area contributed by atoms with Crippen LogP contribution in [-0.2, 0) is 22.9 Å². The number of fused-ring (bicyclic) bond motifs is 3. The van der Waals surface area contributed by atoms with Crippen molar-refractivity contribution in [2.75, 3.05) is 0 Å². The number of allylic oxidation sites excluding steroid dienone is 4. The molecule has 2 aromatic carbocycles. The fraction of sp³-hybridized carbons (Fsp3) is 0.448. The Balaban J connectivity index is 0.00000153. The smallest absolute Gasteiger partial charge is 1.00 e. The van der Waals surface area contributed by atoms with E-state index >= 15 is 0 Å². The Morgan fingerprint density at radius 2 is 1.58 bits per heavy atom. The molecular weight excluding hydrogens is 626 g/mol. The SMILES string of the molecule is CCC[Si]1(C2c3ccccc3-c3ccc[c]([Hf+2][C]4=C(C)C(C)=C(C)C4(C)C)c32)CCC1.[Cl-].[Cl-]. The Hall–Kier alpha value is -0.413. The number of hydrogen-bond acceptors (Lipinski definition) is 0. The van der Waals surface area contributed by atoms with Gasteiger partial charge in [0.15, 0.2) is 0 Å². The molecule has 1 aliphatic heterocycles. The molecule has 2 aliphatic carbocycles. The molecule has 0 aromatic heterocycles. The molecule has 2 aromatic rings. The minimum absolute atomic E-state index is 0. The second kappa shape index (κ2) is 9.92. The zero-order valence-electron chi connectivity index (χ0n) is 20.9. The summed E-state index contributed by atoms with van der Waals surface area (Å²) in [6.07, 6.45) is 2.84. The Labute approximate surface area is 225 Å². The molecule has 0 saturated carbocycles. The predicted molar refractivity (Wildman–Crippen MR) is 133 cm³/mol. The van der Waals surface area contributed by atoms with Gasteiger partial charge < -0.3 is 24.8 Å². The Kier molecular flexibility index (Phi) is 8.17. The molecule has 0 nitrogen and oxygen atoms in total. The maximum absolute atomic E-state index is 2.55. The molecule has 1 heterocycles. The molecule has 0 spiro atoms. The topological polar surface area (TPSA) is 0 Å². The first-order valence-corrected chi connectivity index (χ1v) is 18.5. The van der Waals surface area contributed by atoms with Crippen molar-refractivity contribution in [1.29, 1.82) is 0 Å². The van der Waals surface area contributed by atoms with Gasteiger partial charge in [-0.15, -0.1) is 0 Å². The molecule has 174 valence electrons. The van der Waals surface area contributed by atoms with Crippen LogP contribution >= 0.6 is 0 Å². The minimum Gasteiger partial charge on any atom is -1.00 e. The summed E-state index contributed by atoms with van der Waals surface area (Å²) in [5.41, 5.74) is 12.5. The van der Waals surface area contributed by atoms with Crippen molar-refractivity contribution >= 4 is 11.4 Å². The van der Waals surface area contributed by atoms with E-state index in [0.717, 1.165) is 5.54 Å². The third-order valence-electron chi connectivity index (χ3n) is 8.99. The second-order valence-corrected chi connectivity index (χ2v) is 20.2. The van der Waals surface area contributed by atoms with Gasteiger partial charge in [0.2, 0.25) is 0 Å². The van der Waals surface area contributed by atoms with Crippen LogP contribution in [0.25, 0.3) is 11.1 Å². The van der Waals surface area contributed by atoms with Gasteiger partial charge >= 0.3 is 203 Å². The van der Waals surface area contributed by atoms with E-state index in [0.29, 0.717) is 0 Å². The second-order valence-electron chi connectivity index (χ2n) is 10.8. The summed E-state index contributed by atoms with van der Waals surface area (Å²) in [6, 6.07) is 21.5. The van der Waals surface area contributed by atoms with E-state index in [4.69, 9.17) is 0 Å². The van der Waals surface area contributed by atoms with E-state index in [2.05, 4.69) is 84.0 Å². The molecule has 1 saturated heterocycles. The average molecular weight is 662 g/mol. The molecule has 0 radical (unpaired) electrons. The van der Waals surface area contributed by atoms with Crippen molar-refractivity contribution in [2.45, 2.75) is 78.1 Å². The fourth-order valence-electron chi connectivity index (χ4n) is 6.80. The molecule has 1 fully saturated rings. The summed E-state index contributed by atoms with van der Waals surface area (Å²) in [5, 5.41) is 0. The van der Waals surface area contributed by atoms with E-state index in [1.807, 2.05) is 8.89 Å². The summed E-state index contributed by atoms with van der Waals surface area (Å²) < 4.78 is 3.64. The van der Waals surface area contributed by atoms with Gasteiger partial charge in [-0.25, -0.2) is 0 Å². The van der Waals surface area contributed by atoms with Crippen molar-refractivity contribution in [1.82, 2.24) is 0 Å². The van der Waals surface area contributed by atoms with Gasteiger partial charge in [0.1, 0.15) is 0 Å². The quantitative estimate of drug-likeness (QED) is 0.431. The summed E-state index contributed by atoms with van der Waals surface area (Å²) in [5.74, 6) is 0. The molecule has 0 N–H and O–H groups in total. The van der Waals surface area contributed by atoms with Crippen LogP contribution in [0.1, 0.15) is 71.1 Å². The van der Waals surface area contributed by atoms with Crippen LogP contribution in [-0.4, -0.2) is 8.07 Å². The molecule has 3 aliphatic rings. The minimum atomic E-state index is -1.27. The summed E-state index contributed by atoms with van der Waals surface area (Å²) >= 11 is -1.16. The first-order chi connectivity index (χ1) is 14.8. The summed E-state index contributed by atoms with van der Waals surface area (Å²) in [7, 11) is -1.27. The fourth-order valence-corrected chi connectivity index (χ4v) is 19.0. The van der Waals surface area contributed by atoms with Gasteiger partial charge in [0.25, 0.3) is 0 Å². The van der Waals surface area contributed by atoms with Crippen LogP contribution in [0.3, 0.4) is 0 Å². The largest absolute Gasteiger partial charge is 1.00 e. The molecule has 0 amide bonds. The van der Waals surface area contributed by atoms with Crippen molar-refractivity contribution < 1.29 is 47.7 Å². The monoisotopic (exact) mass is 662 g/mol. The van der Waals surface area contributed by atoms with Gasteiger partial charge in [-0.1, -0.05) is 0 Å². The van der Waals surface area contributed by atoms with Crippen LogP contribution in [0.5, 0.6) is 0 Å². The summed E-state index contributed by atoms with van der Waals surface area (Å²) in [4.78, 5) is 0. The maximum atomic E-state index is 2.55. The number of halogens is 2. The molecule has 4 heteroatoms. The standard InChI is InChI=1S/C19H21Si.C10H15.2ClH.Hf/c1-2-12-20(13-7-14-20)19-17-10-5-3-8-15(17)16-9-4-6-11-18(16)19;1-7-6-10(4,5)9(3)8(7)2;;;/h3-6,8-10,19H,2,7,12-14H2,1H3;1-5H3;2*1H;/q;;;;+2/p-2. The molecule has 5 rings (SSSR count). The number of benzene rings is 2. The van der Waals surface area contributed by atoms with E-state index in [-0.39, 0.29) is 30.2 Å².